The van der Waals surface area contributed by atoms with E-state index in [1.807, 2.05) is 37.3 Å². The molecule has 0 saturated carbocycles. The summed E-state index contributed by atoms with van der Waals surface area (Å²) in [5, 5.41) is 3.10. The molecule has 1 aromatic heterocycles. The molecule has 26 heavy (non-hydrogen) atoms. The van der Waals surface area contributed by atoms with Crippen LogP contribution in [0.1, 0.15) is 29.0 Å². The predicted molar refractivity (Wildman–Crippen MR) is 103 cm³/mol. The van der Waals surface area contributed by atoms with Crippen molar-refractivity contribution in [2.45, 2.75) is 31.7 Å². The molecule has 1 N–H and O–H groups in total. The van der Waals surface area contributed by atoms with Gasteiger partial charge >= 0.3 is 0 Å². The lowest BCUT2D eigenvalue weighted by Gasteiger charge is -2.40. The number of carbonyl (C=O) groups excluding carboxylic acids is 2. The smallest absolute Gasteiger partial charge is 0.245 e. The number of piperidine rings is 1. The first kappa shape index (κ1) is 18.3. The molecule has 0 atom stereocenters. The van der Waals surface area contributed by atoms with E-state index in [4.69, 9.17) is 0 Å². The van der Waals surface area contributed by atoms with Crippen LogP contribution < -0.4 is 5.32 Å². The van der Waals surface area contributed by atoms with E-state index in [-0.39, 0.29) is 11.8 Å². The van der Waals surface area contributed by atoms with E-state index in [2.05, 4.69) is 16.9 Å². The molecule has 0 radical (unpaired) electrons. The largest absolute Gasteiger partial charge is 0.350 e. The Balaban J connectivity index is 1.80. The summed E-state index contributed by atoms with van der Waals surface area (Å²) in [6.45, 7) is 7.09. The summed E-state index contributed by atoms with van der Waals surface area (Å²) in [7, 11) is 0. The zero-order valence-corrected chi connectivity index (χ0v) is 15.7. The maximum Gasteiger partial charge on any atom is 0.245 e. The highest BCUT2D eigenvalue weighted by Gasteiger charge is 2.43. The second-order valence-corrected chi connectivity index (χ2v) is 7.46. The van der Waals surface area contributed by atoms with Crippen molar-refractivity contribution in [1.29, 1.82) is 0 Å². The Hall–Kier alpha value is -2.47. The van der Waals surface area contributed by atoms with Gasteiger partial charge in [0.15, 0.2) is 0 Å². The van der Waals surface area contributed by atoms with Crippen LogP contribution in [0.15, 0.2) is 48.5 Å². The Bertz CT molecular complexity index is 792. The fourth-order valence-corrected chi connectivity index (χ4v) is 4.18. The highest BCUT2D eigenvalue weighted by atomic mass is 32.1. The number of aryl methyl sites for hydroxylation is 1. The summed E-state index contributed by atoms with van der Waals surface area (Å²) in [4.78, 5) is 32.2. The molecule has 1 aliphatic heterocycles. The number of aromatic nitrogens is 1. The first-order valence-electron chi connectivity index (χ1n) is 8.71. The van der Waals surface area contributed by atoms with Gasteiger partial charge in [-0.05, 0) is 31.4 Å². The van der Waals surface area contributed by atoms with Gasteiger partial charge in [-0.15, -0.1) is 11.3 Å². The molecular weight excluding hydrogens is 346 g/mol. The van der Waals surface area contributed by atoms with Crippen molar-refractivity contribution in [3.63, 3.8) is 0 Å². The fraction of sp³-hybridized carbons (Fsp3) is 0.350. The van der Waals surface area contributed by atoms with Crippen molar-refractivity contribution >= 4 is 23.2 Å². The van der Waals surface area contributed by atoms with E-state index >= 15 is 0 Å². The van der Waals surface area contributed by atoms with Crippen LogP contribution in [-0.2, 0) is 21.5 Å². The lowest BCUT2D eigenvalue weighted by atomic mass is 9.72. The van der Waals surface area contributed by atoms with Gasteiger partial charge in [0.1, 0.15) is 0 Å². The third-order valence-corrected chi connectivity index (χ3v) is 6.05. The zero-order chi connectivity index (χ0) is 18.6. The third-order valence-electron chi connectivity index (χ3n) is 5.12. The van der Waals surface area contributed by atoms with Gasteiger partial charge in [0.2, 0.25) is 11.8 Å². The molecule has 1 saturated heterocycles. The van der Waals surface area contributed by atoms with Gasteiger partial charge in [-0.25, -0.2) is 4.98 Å². The molecule has 0 aliphatic carbocycles. The fourth-order valence-electron chi connectivity index (χ4n) is 3.47. The first-order chi connectivity index (χ1) is 12.6. The van der Waals surface area contributed by atoms with Crippen LogP contribution in [0.4, 0.5) is 0 Å². The zero-order valence-electron chi connectivity index (χ0n) is 14.9. The van der Waals surface area contributed by atoms with E-state index in [1.54, 1.807) is 21.7 Å². The minimum absolute atomic E-state index is 0.0159. The van der Waals surface area contributed by atoms with E-state index in [0.717, 1.165) is 16.1 Å². The summed E-state index contributed by atoms with van der Waals surface area (Å²) in [6.07, 6.45) is 2.54. The Morgan fingerprint density at radius 1 is 1.31 bits per heavy atom. The van der Waals surface area contributed by atoms with Crippen molar-refractivity contribution in [2.75, 3.05) is 13.1 Å². The van der Waals surface area contributed by atoms with E-state index < -0.39 is 5.41 Å². The number of nitrogens with zero attached hydrogens (tertiary/aromatic N) is 2. The minimum Gasteiger partial charge on any atom is -0.350 e. The maximum absolute atomic E-state index is 13.2. The highest BCUT2D eigenvalue weighted by molar-refractivity contribution is 7.09. The Morgan fingerprint density at radius 2 is 2.00 bits per heavy atom. The van der Waals surface area contributed by atoms with Gasteiger partial charge in [-0.3, -0.25) is 9.59 Å². The summed E-state index contributed by atoms with van der Waals surface area (Å²) < 4.78 is 0. The average Bonchev–Trinajstić information content (AvgIpc) is 3.11. The summed E-state index contributed by atoms with van der Waals surface area (Å²) >= 11 is 1.55. The summed E-state index contributed by atoms with van der Waals surface area (Å²) in [6, 6.07) is 9.87. The molecule has 136 valence electrons. The van der Waals surface area contributed by atoms with Crippen molar-refractivity contribution in [1.82, 2.24) is 15.2 Å². The molecule has 5 nitrogen and oxygen atoms in total. The number of thiazole rings is 1. The molecule has 1 aromatic carbocycles. The average molecular weight is 369 g/mol. The number of amides is 2. The normalized spacial score (nSPS) is 16.1. The van der Waals surface area contributed by atoms with Crippen LogP contribution in [0.5, 0.6) is 0 Å². The van der Waals surface area contributed by atoms with Gasteiger partial charge in [0.25, 0.3) is 0 Å². The molecular formula is C20H23N3O2S. The number of likely N-dealkylation sites (tertiary alicyclic amines) is 1. The Morgan fingerprint density at radius 3 is 2.58 bits per heavy atom. The molecule has 1 fully saturated rings. The van der Waals surface area contributed by atoms with Gasteiger partial charge < -0.3 is 10.2 Å². The maximum atomic E-state index is 13.2. The first-order valence-corrected chi connectivity index (χ1v) is 9.59. The molecule has 0 spiro atoms. The van der Waals surface area contributed by atoms with Crippen LogP contribution in [0.2, 0.25) is 0 Å². The molecule has 1 aliphatic rings. The van der Waals surface area contributed by atoms with E-state index in [1.165, 1.54) is 6.08 Å². The number of rotatable bonds is 5. The molecule has 6 heteroatoms. The van der Waals surface area contributed by atoms with Crippen molar-refractivity contribution in [3.05, 3.63) is 64.6 Å². The summed E-state index contributed by atoms with van der Waals surface area (Å²) in [5.41, 5.74) is 3.14. The standard InChI is InChI=1S/C20H23N3O2S/c1-3-18(24)23-11-9-20(10-12-23,16-7-5-4-6-8-16)19(25)21-13-17-15(2)22-14-26-17/h3-8,14H,1,9-13H2,2H3,(H,21,25). The van der Waals surface area contributed by atoms with Crippen LogP contribution in [-0.4, -0.2) is 34.8 Å². The molecule has 2 aromatic rings. The molecule has 0 unspecified atom stereocenters. The number of hydrogen-bond donors (Lipinski definition) is 1. The van der Waals surface area contributed by atoms with E-state index in [9.17, 15) is 9.59 Å². The van der Waals surface area contributed by atoms with Crippen molar-refractivity contribution in [3.8, 4) is 0 Å². The minimum atomic E-state index is -0.613. The van der Waals surface area contributed by atoms with Gasteiger partial charge in [0, 0.05) is 18.0 Å². The van der Waals surface area contributed by atoms with Crippen LogP contribution in [0, 0.1) is 6.92 Å². The third kappa shape index (κ3) is 3.55. The van der Waals surface area contributed by atoms with Gasteiger partial charge in [0.05, 0.1) is 23.2 Å². The van der Waals surface area contributed by atoms with Gasteiger partial charge in [-0.2, -0.15) is 0 Å². The number of benzene rings is 1. The SMILES string of the molecule is C=CC(=O)N1CCC(C(=O)NCc2scnc2C)(c2ccccc2)CC1. The van der Waals surface area contributed by atoms with Crippen molar-refractivity contribution < 1.29 is 9.59 Å². The lowest BCUT2D eigenvalue weighted by Crippen LogP contribution is -2.52. The van der Waals surface area contributed by atoms with E-state index in [0.29, 0.717) is 32.5 Å². The molecule has 0 bridgehead atoms. The number of carbonyl (C=O) groups is 2. The quantitative estimate of drug-likeness (QED) is 0.825. The van der Waals surface area contributed by atoms with Crippen molar-refractivity contribution in [2.24, 2.45) is 0 Å². The lowest BCUT2D eigenvalue weighted by molar-refractivity contribution is -0.134. The van der Waals surface area contributed by atoms with Crippen LogP contribution in [0.3, 0.4) is 0 Å². The number of nitrogens with one attached hydrogen (secondary N) is 1. The molecule has 2 heterocycles. The highest BCUT2D eigenvalue weighted by Crippen LogP contribution is 2.36. The predicted octanol–water partition coefficient (Wildman–Crippen LogP) is 2.81. The van der Waals surface area contributed by atoms with Crippen LogP contribution in [0.25, 0.3) is 0 Å². The molecule has 2 amide bonds. The second kappa shape index (κ2) is 7.83. The molecule has 3 rings (SSSR count). The Labute approximate surface area is 157 Å². The topological polar surface area (TPSA) is 62.3 Å². The monoisotopic (exact) mass is 369 g/mol. The summed E-state index contributed by atoms with van der Waals surface area (Å²) in [5.74, 6) is -0.0606. The van der Waals surface area contributed by atoms with Gasteiger partial charge in [-0.1, -0.05) is 36.9 Å². The second-order valence-electron chi connectivity index (χ2n) is 6.52. The Kier molecular flexibility index (Phi) is 5.52. The van der Waals surface area contributed by atoms with Crippen LogP contribution >= 0.6 is 11.3 Å². The number of hydrogen-bond acceptors (Lipinski definition) is 4.